The lowest BCUT2D eigenvalue weighted by Crippen LogP contribution is -2.46. The van der Waals surface area contributed by atoms with Crippen LogP contribution in [0.25, 0.3) is 32.9 Å². The van der Waals surface area contributed by atoms with Crippen molar-refractivity contribution in [3.8, 4) is 35.4 Å². The van der Waals surface area contributed by atoms with Crippen molar-refractivity contribution in [3.05, 3.63) is 47.7 Å². The minimum absolute atomic E-state index is 0.0265. The maximum absolute atomic E-state index is 16.3. The average Bonchev–Trinajstić information content (AvgIpc) is 2.93. The molecule has 0 atom stereocenters. The Labute approximate surface area is 218 Å². The van der Waals surface area contributed by atoms with Crippen molar-refractivity contribution >= 4 is 27.5 Å². The van der Waals surface area contributed by atoms with Gasteiger partial charge in [-0.1, -0.05) is 12.0 Å². The minimum Gasteiger partial charge on any atom is -0.508 e. The summed E-state index contributed by atoms with van der Waals surface area (Å²) in [6.07, 6.45) is 11.2. The van der Waals surface area contributed by atoms with E-state index in [0.29, 0.717) is 16.6 Å². The number of anilines is 1. The number of nitrogens with zero attached hydrogens (tertiary/aromatic N) is 4. The molecular formula is C29H26F2N4O3. The summed E-state index contributed by atoms with van der Waals surface area (Å²) < 4.78 is 41.9. The molecule has 4 heterocycles. The highest BCUT2D eigenvalue weighted by molar-refractivity contribution is 6.03. The molecule has 2 aliphatic rings. The molecule has 0 amide bonds. The monoisotopic (exact) mass is 516 g/mol. The molecule has 2 aromatic heterocycles. The highest BCUT2D eigenvalue weighted by atomic mass is 19.1. The van der Waals surface area contributed by atoms with Crippen molar-refractivity contribution < 1.29 is 23.4 Å². The number of pyridine rings is 1. The molecule has 0 saturated carbocycles. The lowest BCUT2D eigenvalue weighted by Gasteiger charge is -2.45. The number of aromatic hydroxyl groups is 1. The number of terminal acetylenes is 1. The molecular weight excluding hydrogens is 490 g/mol. The molecule has 6 rings (SSSR count). The van der Waals surface area contributed by atoms with Gasteiger partial charge < -0.3 is 19.5 Å². The highest BCUT2D eigenvalue weighted by Gasteiger charge is 2.38. The lowest BCUT2D eigenvalue weighted by molar-refractivity contribution is 0.00749. The van der Waals surface area contributed by atoms with E-state index in [9.17, 15) is 9.50 Å². The molecule has 9 heteroatoms. The third-order valence-electron chi connectivity index (χ3n) is 7.79. The summed E-state index contributed by atoms with van der Waals surface area (Å²) in [7, 11) is 1.44. The van der Waals surface area contributed by atoms with Gasteiger partial charge in [-0.05, 0) is 54.7 Å². The molecule has 0 unspecified atom stereocenters. The van der Waals surface area contributed by atoms with Crippen LogP contribution in [0.3, 0.4) is 0 Å². The number of benzene rings is 2. The molecule has 0 radical (unpaired) electrons. The third-order valence-corrected chi connectivity index (χ3v) is 7.79. The SMILES string of the molecule is C#Cc1c(F)ccc2cc(O)cc(-c3ncc4c(N5CCCC6(CCOCC6)C5)nc(OC)nc4c3F)c12. The minimum atomic E-state index is -0.735. The number of methoxy groups -OCH3 is 1. The van der Waals surface area contributed by atoms with Crippen molar-refractivity contribution in [2.75, 3.05) is 38.3 Å². The number of phenols is 1. The van der Waals surface area contributed by atoms with E-state index in [2.05, 4.69) is 25.8 Å². The van der Waals surface area contributed by atoms with E-state index in [1.807, 2.05) is 0 Å². The first-order chi connectivity index (χ1) is 18.4. The van der Waals surface area contributed by atoms with Gasteiger partial charge in [0.2, 0.25) is 0 Å². The number of ether oxygens (including phenoxy) is 2. The summed E-state index contributed by atoms with van der Waals surface area (Å²) in [5, 5.41) is 11.6. The van der Waals surface area contributed by atoms with Crippen LogP contribution < -0.4 is 9.64 Å². The second-order valence-electron chi connectivity index (χ2n) is 10.0. The lowest BCUT2D eigenvalue weighted by atomic mass is 9.74. The van der Waals surface area contributed by atoms with Crippen molar-refractivity contribution in [1.29, 1.82) is 0 Å². The van der Waals surface area contributed by atoms with Crippen LogP contribution in [0.15, 0.2) is 30.5 Å². The van der Waals surface area contributed by atoms with Gasteiger partial charge >= 0.3 is 6.01 Å². The summed E-state index contributed by atoms with van der Waals surface area (Å²) in [5.41, 5.74) is 0.189. The number of phenolic OH excluding ortho intramolecular Hbond substituents is 1. The fraction of sp³-hybridized carbons (Fsp3) is 0.345. The van der Waals surface area contributed by atoms with Crippen LogP contribution in [-0.2, 0) is 4.74 Å². The highest BCUT2D eigenvalue weighted by Crippen LogP contribution is 2.43. The number of piperidine rings is 1. The first-order valence-electron chi connectivity index (χ1n) is 12.6. The predicted octanol–water partition coefficient (Wildman–Crippen LogP) is 5.22. The van der Waals surface area contributed by atoms with Gasteiger partial charge in [0.1, 0.15) is 28.6 Å². The Hall–Kier alpha value is -4.03. The van der Waals surface area contributed by atoms with E-state index in [0.717, 1.165) is 52.0 Å². The molecule has 194 valence electrons. The van der Waals surface area contributed by atoms with Gasteiger partial charge in [-0.25, -0.2) is 8.78 Å². The van der Waals surface area contributed by atoms with E-state index >= 15 is 4.39 Å². The molecule has 2 aliphatic heterocycles. The van der Waals surface area contributed by atoms with E-state index in [4.69, 9.17) is 15.9 Å². The number of fused-ring (bicyclic) bond motifs is 2. The van der Waals surface area contributed by atoms with Crippen molar-refractivity contribution in [3.63, 3.8) is 0 Å². The van der Waals surface area contributed by atoms with Crippen molar-refractivity contribution in [1.82, 2.24) is 15.0 Å². The Morgan fingerprint density at radius 2 is 1.97 bits per heavy atom. The van der Waals surface area contributed by atoms with Gasteiger partial charge in [0, 0.05) is 43.4 Å². The Bertz CT molecular complexity index is 1610. The fourth-order valence-electron chi connectivity index (χ4n) is 5.90. The normalized spacial score (nSPS) is 17.2. The summed E-state index contributed by atoms with van der Waals surface area (Å²) in [5.74, 6) is 1.44. The molecule has 2 fully saturated rings. The zero-order valence-electron chi connectivity index (χ0n) is 20.9. The maximum Gasteiger partial charge on any atom is 0.318 e. The van der Waals surface area contributed by atoms with Crippen LogP contribution in [0.1, 0.15) is 31.2 Å². The summed E-state index contributed by atoms with van der Waals surface area (Å²) >= 11 is 0. The molecule has 2 saturated heterocycles. The number of aromatic nitrogens is 3. The van der Waals surface area contributed by atoms with Gasteiger partial charge in [-0.2, -0.15) is 9.97 Å². The summed E-state index contributed by atoms with van der Waals surface area (Å²) in [4.78, 5) is 15.5. The van der Waals surface area contributed by atoms with Crippen molar-refractivity contribution in [2.45, 2.75) is 25.7 Å². The Kier molecular flexibility index (Phi) is 6.00. The average molecular weight is 517 g/mol. The first-order valence-corrected chi connectivity index (χ1v) is 12.6. The topological polar surface area (TPSA) is 80.6 Å². The molecule has 38 heavy (non-hydrogen) atoms. The number of halogens is 2. The van der Waals surface area contributed by atoms with Crippen LogP contribution in [-0.4, -0.2) is 53.5 Å². The molecule has 2 aromatic carbocycles. The largest absolute Gasteiger partial charge is 0.508 e. The quantitative estimate of drug-likeness (QED) is 0.374. The molecule has 0 bridgehead atoms. The molecule has 4 aromatic rings. The fourth-order valence-corrected chi connectivity index (χ4v) is 5.90. The van der Waals surface area contributed by atoms with Gasteiger partial charge in [-0.3, -0.25) is 4.98 Å². The van der Waals surface area contributed by atoms with Crippen LogP contribution in [0.2, 0.25) is 0 Å². The zero-order chi connectivity index (χ0) is 26.4. The Morgan fingerprint density at radius 3 is 2.74 bits per heavy atom. The number of rotatable bonds is 3. The number of hydrogen-bond donors (Lipinski definition) is 1. The molecule has 0 aliphatic carbocycles. The standard InChI is InChI=1S/C29H26F2N4O3/c1-3-19-22(30)6-5-17-13-18(36)14-20(23(17)19)25-24(31)26-21(15-32-25)27(34-28(33-26)37-2)35-10-4-7-29(16-35)8-11-38-12-9-29/h1,5-6,13-15,36H,4,7-12,16H2,2H3. The van der Waals surface area contributed by atoms with Crippen molar-refractivity contribution in [2.24, 2.45) is 5.41 Å². The second-order valence-corrected chi connectivity index (χ2v) is 10.0. The number of hydrogen-bond acceptors (Lipinski definition) is 7. The van der Waals surface area contributed by atoms with Gasteiger partial charge in [-0.15, -0.1) is 6.42 Å². The molecule has 1 spiro atoms. The third kappa shape index (κ3) is 3.96. The Balaban J connectivity index is 1.54. The van der Waals surface area contributed by atoms with Crippen LogP contribution in [0.4, 0.5) is 14.6 Å². The summed E-state index contributed by atoms with van der Waals surface area (Å²) in [6, 6.07) is 5.52. The summed E-state index contributed by atoms with van der Waals surface area (Å²) in [6.45, 7) is 3.01. The van der Waals surface area contributed by atoms with E-state index in [-0.39, 0.29) is 44.9 Å². The zero-order valence-corrected chi connectivity index (χ0v) is 20.9. The molecule has 7 nitrogen and oxygen atoms in total. The second kappa shape index (κ2) is 9.37. The Morgan fingerprint density at radius 1 is 1.16 bits per heavy atom. The van der Waals surface area contributed by atoms with Crippen LogP contribution in [0, 0.1) is 29.4 Å². The maximum atomic E-state index is 16.3. The van der Waals surface area contributed by atoms with Crippen LogP contribution >= 0.6 is 0 Å². The predicted molar refractivity (Wildman–Crippen MR) is 140 cm³/mol. The van der Waals surface area contributed by atoms with Gasteiger partial charge in [0.15, 0.2) is 5.82 Å². The van der Waals surface area contributed by atoms with Gasteiger partial charge in [0.05, 0.1) is 18.1 Å². The van der Waals surface area contributed by atoms with E-state index < -0.39 is 11.6 Å². The molecule has 1 N–H and O–H groups in total. The van der Waals surface area contributed by atoms with Crippen LogP contribution in [0.5, 0.6) is 11.8 Å². The van der Waals surface area contributed by atoms with E-state index in [1.54, 1.807) is 0 Å². The first kappa shape index (κ1) is 24.3. The smallest absolute Gasteiger partial charge is 0.318 e. The van der Waals surface area contributed by atoms with Gasteiger partial charge in [0.25, 0.3) is 0 Å². The van der Waals surface area contributed by atoms with E-state index in [1.165, 1.54) is 37.6 Å².